The SMILES string of the molecule is CCOC(=O)N1CCN(C[C@@H](O)COc2ccc(C(=O)CC)cc2)CC1. The van der Waals surface area contributed by atoms with E-state index in [1.165, 1.54) is 0 Å². The summed E-state index contributed by atoms with van der Waals surface area (Å²) in [6.45, 7) is 7.26. The number of ether oxygens (including phenoxy) is 2. The summed E-state index contributed by atoms with van der Waals surface area (Å²) in [4.78, 5) is 27.0. The third-order valence-electron chi connectivity index (χ3n) is 4.31. The first-order valence-corrected chi connectivity index (χ1v) is 9.11. The number of carbonyl (C=O) groups excluding carboxylic acids is 2. The number of piperazine rings is 1. The number of aliphatic hydroxyl groups is 1. The van der Waals surface area contributed by atoms with Crippen LogP contribution in [0.1, 0.15) is 30.6 Å². The van der Waals surface area contributed by atoms with Gasteiger partial charge in [-0.25, -0.2) is 4.79 Å². The van der Waals surface area contributed by atoms with Crippen LogP contribution in [0.3, 0.4) is 0 Å². The van der Waals surface area contributed by atoms with Crippen molar-refractivity contribution in [1.29, 1.82) is 0 Å². The highest BCUT2D eigenvalue weighted by Crippen LogP contribution is 2.14. The van der Waals surface area contributed by atoms with Crippen molar-refractivity contribution in [2.75, 3.05) is 45.9 Å². The van der Waals surface area contributed by atoms with Crippen LogP contribution in [0.2, 0.25) is 0 Å². The molecule has 1 aliphatic rings. The van der Waals surface area contributed by atoms with E-state index in [9.17, 15) is 14.7 Å². The molecule has 0 radical (unpaired) electrons. The van der Waals surface area contributed by atoms with Crippen molar-refractivity contribution < 1.29 is 24.2 Å². The second-order valence-corrected chi connectivity index (χ2v) is 6.25. The second kappa shape index (κ2) is 10.1. The van der Waals surface area contributed by atoms with E-state index in [2.05, 4.69) is 4.90 Å². The van der Waals surface area contributed by atoms with Crippen LogP contribution in [0.25, 0.3) is 0 Å². The van der Waals surface area contributed by atoms with Gasteiger partial charge in [-0.05, 0) is 31.2 Å². The number of ketones is 1. The quantitative estimate of drug-likeness (QED) is 0.709. The fourth-order valence-corrected chi connectivity index (χ4v) is 2.81. The van der Waals surface area contributed by atoms with Gasteiger partial charge in [0.1, 0.15) is 18.5 Å². The van der Waals surface area contributed by atoms with Crippen molar-refractivity contribution >= 4 is 11.9 Å². The lowest BCUT2D eigenvalue weighted by molar-refractivity contribution is 0.0407. The number of β-amino-alcohol motifs (C(OH)–C–C–N with tert-alkyl or cyclic N) is 1. The summed E-state index contributed by atoms with van der Waals surface area (Å²) >= 11 is 0. The lowest BCUT2D eigenvalue weighted by atomic mass is 10.1. The maximum absolute atomic E-state index is 11.7. The van der Waals surface area contributed by atoms with E-state index >= 15 is 0 Å². The summed E-state index contributed by atoms with van der Waals surface area (Å²) < 4.78 is 10.6. The molecule has 0 unspecified atom stereocenters. The Kier molecular flexibility index (Phi) is 7.87. The highest BCUT2D eigenvalue weighted by atomic mass is 16.6. The highest BCUT2D eigenvalue weighted by Gasteiger charge is 2.23. The minimum Gasteiger partial charge on any atom is -0.491 e. The van der Waals surface area contributed by atoms with E-state index in [-0.39, 0.29) is 18.5 Å². The molecule has 1 aromatic carbocycles. The zero-order chi connectivity index (χ0) is 18.9. The summed E-state index contributed by atoms with van der Waals surface area (Å²) in [7, 11) is 0. The first-order chi connectivity index (χ1) is 12.5. The molecule has 2 rings (SSSR count). The Balaban J connectivity index is 1.70. The Labute approximate surface area is 154 Å². The van der Waals surface area contributed by atoms with Gasteiger partial charge in [0.25, 0.3) is 0 Å². The molecule has 0 spiro atoms. The monoisotopic (exact) mass is 364 g/mol. The number of hydrogen-bond acceptors (Lipinski definition) is 6. The maximum Gasteiger partial charge on any atom is 0.409 e. The molecule has 0 saturated carbocycles. The van der Waals surface area contributed by atoms with Crippen LogP contribution in [0.5, 0.6) is 5.75 Å². The van der Waals surface area contributed by atoms with Crippen LogP contribution in [0.4, 0.5) is 4.79 Å². The molecule has 1 aromatic rings. The van der Waals surface area contributed by atoms with Crippen molar-refractivity contribution in [2.45, 2.75) is 26.4 Å². The highest BCUT2D eigenvalue weighted by molar-refractivity contribution is 5.95. The van der Waals surface area contributed by atoms with E-state index < -0.39 is 6.10 Å². The van der Waals surface area contributed by atoms with Crippen molar-refractivity contribution in [3.63, 3.8) is 0 Å². The van der Waals surface area contributed by atoms with Crippen LogP contribution in [0.15, 0.2) is 24.3 Å². The first kappa shape index (κ1) is 20.2. The molecular weight excluding hydrogens is 336 g/mol. The standard InChI is InChI=1S/C19H28N2O5/c1-3-18(23)15-5-7-17(8-6-15)26-14-16(22)13-20-9-11-21(12-10-20)19(24)25-4-2/h5-8,16,22H,3-4,9-14H2,1-2H3/t16-/m1/s1. The molecule has 7 nitrogen and oxygen atoms in total. The van der Waals surface area contributed by atoms with Gasteiger partial charge < -0.3 is 19.5 Å². The van der Waals surface area contributed by atoms with Gasteiger partial charge in [0.05, 0.1) is 6.61 Å². The molecule has 26 heavy (non-hydrogen) atoms. The van der Waals surface area contributed by atoms with Crippen molar-refractivity contribution in [3.8, 4) is 5.75 Å². The number of Topliss-reactive ketones (excluding diaryl/α,β-unsaturated/α-hetero) is 1. The van der Waals surface area contributed by atoms with Crippen LogP contribution in [-0.4, -0.2) is 78.8 Å². The number of benzene rings is 1. The van der Waals surface area contributed by atoms with Gasteiger partial charge in [-0.3, -0.25) is 9.69 Å². The molecule has 1 saturated heterocycles. The molecule has 0 aromatic heterocycles. The topological polar surface area (TPSA) is 79.3 Å². The van der Waals surface area contributed by atoms with Gasteiger partial charge in [0.2, 0.25) is 0 Å². The molecule has 1 N–H and O–H groups in total. The normalized spacial score (nSPS) is 16.2. The average Bonchev–Trinajstić information content (AvgIpc) is 2.67. The molecule has 1 heterocycles. The van der Waals surface area contributed by atoms with E-state index in [0.717, 1.165) is 0 Å². The lowest BCUT2D eigenvalue weighted by Gasteiger charge is -2.34. The summed E-state index contributed by atoms with van der Waals surface area (Å²) in [5, 5.41) is 10.2. The molecule has 1 aliphatic heterocycles. The number of hydrogen-bond donors (Lipinski definition) is 1. The number of rotatable bonds is 8. The number of carbonyl (C=O) groups is 2. The van der Waals surface area contributed by atoms with Crippen molar-refractivity contribution in [3.05, 3.63) is 29.8 Å². The fourth-order valence-electron chi connectivity index (χ4n) is 2.81. The Bertz CT molecular complexity index is 582. The van der Waals surface area contributed by atoms with Crippen LogP contribution in [0, 0.1) is 0 Å². The molecule has 1 atom stereocenters. The number of amides is 1. The molecule has 0 aliphatic carbocycles. The second-order valence-electron chi connectivity index (χ2n) is 6.25. The van der Waals surface area contributed by atoms with Crippen LogP contribution in [-0.2, 0) is 4.74 Å². The third kappa shape index (κ3) is 6.00. The molecule has 1 fully saturated rings. The largest absolute Gasteiger partial charge is 0.491 e. The Morgan fingerprint density at radius 1 is 1.12 bits per heavy atom. The summed E-state index contributed by atoms with van der Waals surface area (Å²) in [5.74, 6) is 0.724. The zero-order valence-corrected chi connectivity index (χ0v) is 15.5. The van der Waals surface area contributed by atoms with Gasteiger partial charge >= 0.3 is 6.09 Å². The predicted octanol–water partition coefficient (Wildman–Crippen LogP) is 1.79. The lowest BCUT2D eigenvalue weighted by Crippen LogP contribution is -2.51. The molecule has 144 valence electrons. The fraction of sp³-hybridized carbons (Fsp3) is 0.579. The van der Waals surface area contributed by atoms with Gasteiger partial charge in [-0.1, -0.05) is 6.92 Å². The number of aliphatic hydroxyl groups excluding tert-OH is 1. The van der Waals surface area contributed by atoms with Crippen molar-refractivity contribution in [2.24, 2.45) is 0 Å². The minimum atomic E-state index is -0.624. The minimum absolute atomic E-state index is 0.0959. The molecule has 0 bridgehead atoms. The Morgan fingerprint density at radius 2 is 1.77 bits per heavy atom. The average molecular weight is 364 g/mol. The van der Waals surface area contributed by atoms with Gasteiger partial charge in [-0.15, -0.1) is 0 Å². The summed E-state index contributed by atoms with van der Waals surface area (Å²) in [5.41, 5.74) is 0.667. The van der Waals surface area contributed by atoms with Crippen molar-refractivity contribution in [1.82, 2.24) is 9.80 Å². The first-order valence-electron chi connectivity index (χ1n) is 9.11. The Morgan fingerprint density at radius 3 is 2.35 bits per heavy atom. The third-order valence-corrected chi connectivity index (χ3v) is 4.31. The van der Waals surface area contributed by atoms with E-state index in [1.807, 2.05) is 6.92 Å². The zero-order valence-electron chi connectivity index (χ0n) is 15.5. The van der Waals surface area contributed by atoms with Gasteiger partial charge in [-0.2, -0.15) is 0 Å². The number of nitrogens with zero attached hydrogens (tertiary/aromatic N) is 2. The summed E-state index contributed by atoms with van der Waals surface area (Å²) in [6.07, 6.45) is -0.426. The predicted molar refractivity (Wildman–Crippen MR) is 97.6 cm³/mol. The van der Waals surface area contributed by atoms with Crippen LogP contribution >= 0.6 is 0 Å². The molecular formula is C19H28N2O5. The smallest absolute Gasteiger partial charge is 0.409 e. The van der Waals surface area contributed by atoms with Crippen LogP contribution < -0.4 is 4.74 Å². The van der Waals surface area contributed by atoms with E-state index in [1.54, 1.807) is 36.1 Å². The van der Waals surface area contributed by atoms with E-state index in [4.69, 9.17) is 9.47 Å². The Hall–Kier alpha value is -2.12. The van der Waals surface area contributed by atoms with Gasteiger partial charge in [0, 0.05) is 44.7 Å². The van der Waals surface area contributed by atoms with E-state index in [0.29, 0.717) is 57.1 Å². The molecule has 1 amide bonds. The maximum atomic E-state index is 11.7. The molecule has 7 heteroatoms. The van der Waals surface area contributed by atoms with Gasteiger partial charge in [0.15, 0.2) is 5.78 Å². The summed E-state index contributed by atoms with van der Waals surface area (Å²) in [6, 6.07) is 6.96.